The Hall–Kier alpha value is -3.10. The van der Waals surface area contributed by atoms with Crippen LogP contribution in [0.25, 0.3) is 16.9 Å². The minimum Gasteiger partial charge on any atom is -0.453 e. The Morgan fingerprint density at radius 2 is 2.09 bits per heavy atom. The Morgan fingerprint density at radius 1 is 1.29 bits per heavy atom. The number of pyridine rings is 1. The first-order chi connectivity index (χ1) is 16.3. The topological polar surface area (TPSA) is 76.4 Å². The van der Waals surface area contributed by atoms with E-state index in [1.807, 2.05) is 54.8 Å². The molecule has 1 atom stereocenters. The predicted molar refractivity (Wildman–Crippen MR) is 130 cm³/mol. The Morgan fingerprint density at radius 3 is 2.79 bits per heavy atom. The molecule has 1 saturated heterocycles. The molecule has 3 heterocycles. The number of methoxy groups -OCH3 is 1. The molecule has 1 aliphatic heterocycles. The maximum absolute atomic E-state index is 12.6. The van der Waals surface area contributed by atoms with Gasteiger partial charge in [0.25, 0.3) is 5.91 Å². The summed E-state index contributed by atoms with van der Waals surface area (Å²) in [7, 11) is 3.17. The summed E-state index contributed by atoms with van der Waals surface area (Å²) < 4.78 is 12.9. The van der Waals surface area contributed by atoms with Crippen LogP contribution in [0, 0.1) is 6.92 Å². The number of benzene rings is 1. The van der Waals surface area contributed by atoms with Gasteiger partial charge in [-0.25, -0.2) is 9.78 Å². The van der Waals surface area contributed by atoms with E-state index in [-0.39, 0.29) is 18.1 Å². The Balaban J connectivity index is 1.73. The fourth-order valence-corrected chi connectivity index (χ4v) is 4.42. The number of aryl methyl sites for hydroxylation is 1. The number of halogens is 1. The smallest absolute Gasteiger partial charge is 0.409 e. The number of morpholine rings is 1. The van der Waals surface area contributed by atoms with Crippen molar-refractivity contribution >= 4 is 29.2 Å². The molecule has 1 aromatic carbocycles. The molecule has 0 radical (unpaired) electrons. The zero-order chi connectivity index (χ0) is 24.4. The first-order valence-electron chi connectivity index (χ1n) is 11.3. The number of aromatic nitrogens is 2. The predicted octanol–water partition coefficient (Wildman–Crippen LogP) is 4.06. The highest BCUT2D eigenvalue weighted by atomic mass is 35.5. The molecule has 2 amide bonds. The van der Waals surface area contributed by atoms with Gasteiger partial charge in [0.15, 0.2) is 0 Å². The summed E-state index contributed by atoms with van der Waals surface area (Å²) in [5, 5.41) is 0.599. The van der Waals surface area contributed by atoms with E-state index < -0.39 is 0 Å². The highest BCUT2D eigenvalue weighted by Gasteiger charge is 2.28. The van der Waals surface area contributed by atoms with Gasteiger partial charge in [0, 0.05) is 55.0 Å². The third kappa shape index (κ3) is 4.74. The van der Waals surface area contributed by atoms with Crippen LogP contribution in [0.3, 0.4) is 0 Å². The Labute approximate surface area is 204 Å². The van der Waals surface area contributed by atoms with Crippen LogP contribution in [0.1, 0.15) is 28.5 Å². The third-order valence-electron chi connectivity index (χ3n) is 6.23. The van der Waals surface area contributed by atoms with Gasteiger partial charge >= 0.3 is 6.09 Å². The van der Waals surface area contributed by atoms with Gasteiger partial charge in [0.1, 0.15) is 5.65 Å². The van der Waals surface area contributed by atoms with Crippen LogP contribution in [0.2, 0.25) is 5.02 Å². The summed E-state index contributed by atoms with van der Waals surface area (Å²) in [5.74, 6) is -0.0161. The van der Waals surface area contributed by atoms with E-state index in [4.69, 9.17) is 26.1 Å². The molecule has 34 heavy (non-hydrogen) atoms. The van der Waals surface area contributed by atoms with Crippen molar-refractivity contribution in [3.8, 4) is 11.3 Å². The van der Waals surface area contributed by atoms with Gasteiger partial charge in [-0.1, -0.05) is 17.7 Å². The molecular weight excluding hydrogens is 456 g/mol. The second-order valence-corrected chi connectivity index (χ2v) is 8.88. The molecule has 0 unspecified atom stereocenters. The lowest BCUT2D eigenvalue weighted by Gasteiger charge is -2.32. The molecule has 4 rings (SSSR count). The van der Waals surface area contributed by atoms with Crippen molar-refractivity contribution in [2.24, 2.45) is 0 Å². The van der Waals surface area contributed by atoms with Gasteiger partial charge in [0.2, 0.25) is 0 Å². The van der Waals surface area contributed by atoms with E-state index in [0.29, 0.717) is 43.2 Å². The molecule has 0 saturated carbocycles. The zero-order valence-corrected chi connectivity index (χ0v) is 20.6. The fourth-order valence-electron chi connectivity index (χ4n) is 4.26. The average molecular weight is 485 g/mol. The summed E-state index contributed by atoms with van der Waals surface area (Å²) >= 11 is 6.24. The van der Waals surface area contributed by atoms with E-state index >= 15 is 0 Å². The van der Waals surface area contributed by atoms with Gasteiger partial charge in [-0.3, -0.25) is 4.79 Å². The van der Waals surface area contributed by atoms with Crippen LogP contribution in [0.4, 0.5) is 4.79 Å². The summed E-state index contributed by atoms with van der Waals surface area (Å²) in [6, 6.07) is 9.33. The van der Waals surface area contributed by atoms with E-state index in [0.717, 1.165) is 28.2 Å². The number of carbonyl (C=O) groups is 2. The van der Waals surface area contributed by atoms with Crippen LogP contribution in [0.15, 0.2) is 36.5 Å². The van der Waals surface area contributed by atoms with Crippen LogP contribution < -0.4 is 0 Å². The van der Waals surface area contributed by atoms with Crippen LogP contribution >= 0.6 is 11.6 Å². The van der Waals surface area contributed by atoms with Crippen molar-refractivity contribution in [3.63, 3.8) is 0 Å². The van der Waals surface area contributed by atoms with Crippen molar-refractivity contribution in [1.29, 1.82) is 0 Å². The molecule has 180 valence electrons. The number of hydrogen-bond acceptors (Lipinski definition) is 5. The van der Waals surface area contributed by atoms with Crippen molar-refractivity contribution in [2.45, 2.75) is 26.4 Å². The second-order valence-electron chi connectivity index (χ2n) is 8.44. The first-order valence-corrected chi connectivity index (χ1v) is 11.7. The van der Waals surface area contributed by atoms with Gasteiger partial charge in [0.05, 0.1) is 37.8 Å². The number of rotatable bonds is 5. The highest BCUT2D eigenvalue weighted by molar-refractivity contribution is 6.30. The normalized spacial score (nSPS) is 16.0. The molecule has 1 fully saturated rings. The van der Waals surface area contributed by atoms with Gasteiger partial charge in [-0.15, -0.1) is 0 Å². The summed E-state index contributed by atoms with van der Waals surface area (Å²) in [6.45, 7) is 5.94. The molecule has 0 N–H and O–H groups in total. The number of carbonyl (C=O) groups excluding carboxylic acids is 2. The lowest BCUT2D eigenvalue weighted by Crippen LogP contribution is -2.46. The second kappa shape index (κ2) is 10.0. The third-order valence-corrected chi connectivity index (χ3v) is 6.46. The summed E-state index contributed by atoms with van der Waals surface area (Å²) in [5.41, 5.74) is 5.02. The maximum Gasteiger partial charge on any atom is 0.409 e. The quantitative estimate of drug-likeness (QED) is 0.545. The number of hydrogen-bond donors (Lipinski definition) is 0. The highest BCUT2D eigenvalue weighted by Crippen LogP contribution is 2.31. The molecule has 3 aromatic rings. The lowest BCUT2D eigenvalue weighted by atomic mass is 9.99. The molecule has 0 bridgehead atoms. The van der Waals surface area contributed by atoms with Crippen molar-refractivity contribution in [1.82, 2.24) is 19.2 Å². The number of fused-ring (bicyclic) bond motifs is 1. The van der Waals surface area contributed by atoms with E-state index in [1.165, 1.54) is 7.11 Å². The van der Waals surface area contributed by atoms with Gasteiger partial charge in [-0.2, -0.15) is 0 Å². The molecule has 0 spiro atoms. The molecule has 9 heteroatoms. The van der Waals surface area contributed by atoms with Crippen LogP contribution in [-0.4, -0.2) is 77.7 Å². The lowest BCUT2D eigenvalue weighted by molar-refractivity contribution is -0.0241. The largest absolute Gasteiger partial charge is 0.453 e. The molecule has 1 aliphatic rings. The fraction of sp³-hybridized carbons (Fsp3) is 0.400. The Bertz CT molecular complexity index is 1230. The number of ether oxygens (including phenoxy) is 2. The summed E-state index contributed by atoms with van der Waals surface area (Å²) in [4.78, 5) is 32.9. The average Bonchev–Trinajstić information content (AvgIpc) is 3.19. The monoisotopic (exact) mass is 484 g/mol. The zero-order valence-electron chi connectivity index (χ0n) is 19.9. The molecule has 8 nitrogen and oxygen atoms in total. The number of amides is 2. The molecule has 2 aromatic heterocycles. The van der Waals surface area contributed by atoms with Gasteiger partial charge in [-0.05, 0) is 37.6 Å². The minimum absolute atomic E-state index is 0.0161. The van der Waals surface area contributed by atoms with Crippen LogP contribution in [-0.2, 0) is 15.9 Å². The van der Waals surface area contributed by atoms with Crippen molar-refractivity contribution in [3.05, 3.63) is 58.4 Å². The minimum atomic E-state index is -0.355. The van der Waals surface area contributed by atoms with E-state index in [1.54, 1.807) is 16.8 Å². The maximum atomic E-state index is 12.6. The van der Waals surface area contributed by atoms with E-state index in [9.17, 15) is 9.59 Å². The van der Waals surface area contributed by atoms with E-state index in [2.05, 4.69) is 0 Å². The first kappa shape index (κ1) is 24.0. The number of imidazole rings is 1. The molecular formula is C25H29ClN4O4. The van der Waals surface area contributed by atoms with Crippen molar-refractivity contribution in [2.75, 3.05) is 40.4 Å². The molecule has 0 aliphatic carbocycles. The SMILES string of the molecule is CCN(C)C(=O)c1ccc(-c2nc3cc(Cl)ccn3c2C[C@H]2CN(C(=O)OC)CCO2)c(C)c1. The van der Waals surface area contributed by atoms with Crippen LogP contribution in [0.5, 0.6) is 0 Å². The van der Waals surface area contributed by atoms with Gasteiger partial charge < -0.3 is 23.7 Å². The summed E-state index contributed by atoms with van der Waals surface area (Å²) in [6.07, 6.45) is 1.88. The standard InChI is InChI=1S/C25H29ClN4O4/c1-5-28(3)24(31)17-6-7-20(16(2)12-17)23-21(30-9-8-18(26)13-22(30)27-23)14-19-15-29(10-11-34-19)25(32)33-4/h6-9,12-13,19H,5,10-11,14-15H2,1-4H3/t19-/m0/s1. The Kier molecular flexibility index (Phi) is 7.09. The van der Waals surface area contributed by atoms with Crippen molar-refractivity contribution < 1.29 is 19.1 Å². The number of nitrogens with zero attached hydrogens (tertiary/aromatic N) is 4.